The molecule has 0 spiro atoms. The van der Waals surface area contributed by atoms with Crippen LogP contribution in [0.25, 0.3) is 10.1 Å². The number of nitrogens with one attached hydrogen (secondary N) is 1. The van der Waals surface area contributed by atoms with Gasteiger partial charge < -0.3 is 15.0 Å². The van der Waals surface area contributed by atoms with Gasteiger partial charge in [-0.05, 0) is 48.3 Å². The summed E-state index contributed by atoms with van der Waals surface area (Å²) in [7, 11) is 1.68. The summed E-state index contributed by atoms with van der Waals surface area (Å²) in [6, 6.07) is 18.6. The van der Waals surface area contributed by atoms with Gasteiger partial charge in [-0.25, -0.2) is 0 Å². The average Bonchev–Trinajstić information content (AvgIpc) is 3.49. The summed E-state index contributed by atoms with van der Waals surface area (Å²) in [5, 5.41) is 3.95. The summed E-state index contributed by atoms with van der Waals surface area (Å²) in [5.41, 5.74) is 1.90. The van der Waals surface area contributed by atoms with Gasteiger partial charge in [-0.15, -0.1) is 11.3 Å². The van der Waals surface area contributed by atoms with Crippen molar-refractivity contribution in [3.8, 4) is 0 Å². The van der Waals surface area contributed by atoms with Crippen LogP contribution in [-0.4, -0.2) is 50.1 Å². The van der Waals surface area contributed by atoms with E-state index < -0.39 is 5.41 Å². The summed E-state index contributed by atoms with van der Waals surface area (Å²) in [5.74, 6) is 0.380. The summed E-state index contributed by atoms with van der Waals surface area (Å²) < 4.78 is 6.77. The third kappa shape index (κ3) is 4.18. The van der Waals surface area contributed by atoms with Gasteiger partial charge in [0.2, 0.25) is 5.91 Å². The van der Waals surface area contributed by atoms with Gasteiger partial charge in [0.1, 0.15) is 0 Å². The minimum atomic E-state index is -0.408. The number of ether oxygens (including phenoxy) is 1. The van der Waals surface area contributed by atoms with Crippen LogP contribution in [-0.2, 0) is 16.0 Å². The second kappa shape index (κ2) is 9.27. The third-order valence-corrected chi connectivity index (χ3v) is 8.43. The van der Waals surface area contributed by atoms with Crippen molar-refractivity contribution in [1.82, 2.24) is 10.2 Å². The topological polar surface area (TPSA) is 58.6 Å². The van der Waals surface area contributed by atoms with Gasteiger partial charge in [-0.3, -0.25) is 9.59 Å². The SMILES string of the molecule is CNC(=O)c1sc2ccccc2c1C1CCN(C(=O)C2(Cc3ccccc3)CCOCC2)C1. The van der Waals surface area contributed by atoms with E-state index in [1.165, 1.54) is 5.56 Å². The van der Waals surface area contributed by atoms with Crippen molar-refractivity contribution in [1.29, 1.82) is 0 Å². The quantitative estimate of drug-likeness (QED) is 0.602. The standard InChI is InChI=1S/C27H30N2O3S/c1-28-25(30)24-23(21-9-5-6-10-22(21)33-24)20-11-14-29(18-20)26(31)27(12-15-32-16-13-27)17-19-7-3-2-4-8-19/h2-10,20H,11-18H2,1H3,(H,28,30). The lowest BCUT2D eigenvalue weighted by atomic mass is 9.74. The van der Waals surface area contributed by atoms with Crippen molar-refractivity contribution in [2.75, 3.05) is 33.4 Å². The third-order valence-electron chi connectivity index (χ3n) is 7.24. The molecule has 1 unspecified atom stereocenters. The fourth-order valence-corrected chi connectivity index (χ4v) is 6.72. The molecular formula is C27H30N2O3S. The Labute approximate surface area is 198 Å². The number of thiophene rings is 1. The molecular weight excluding hydrogens is 432 g/mol. The number of hydrogen-bond acceptors (Lipinski definition) is 4. The van der Waals surface area contributed by atoms with Crippen LogP contribution in [0.3, 0.4) is 0 Å². The first-order valence-electron chi connectivity index (χ1n) is 11.8. The summed E-state index contributed by atoms with van der Waals surface area (Å²) in [4.78, 5) is 29.5. The van der Waals surface area contributed by atoms with Crippen LogP contribution in [0.4, 0.5) is 0 Å². The Morgan fingerprint density at radius 1 is 1.09 bits per heavy atom. The van der Waals surface area contributed by atoms with E-state index in [4.69, 9.17) is 4.74 Å². The molecule has 1 atom stereocenters. The molecule has 0 saturated carbocycles. The van der Waals surface area contributed by atoms with Crippen molar-refractivity contribution in [2.45, 2.75) is 31.6 Å². The molecule has 2 amide bonds. The van der Waals surface area contributed by atoms with E-state index in [0.29, 0.717) is 19.8 Å². The highest BCUT2D eigenvalue weighted by molar-refractivity contribution is 7.21. The molecule has 0 bridgehead atoms. The van der Waals surface area contributed by atoms with Gasteiger partial charge in [0, 0.05) is 44.0 Å². The molecule has 2 aliphatic heterocycles. The lowest BCUT2D eigenvalue weighted by Gasteiger charge is -2.39. The van der Waals surface area contributed by atoms with Gasteiger partial charge in [-0.2, -0.15) is 0 Å². The number of nitrogens with zero attached hydrogens (tertiary/aromatic N) is 1. The van der Waals surface area contributed by atoms with Gasteiger partial charge in [0.05, 0.1) is 10.3 Å². The Morgan fingerprint density at radius 2 is 1.82 bits per heavy atom. The lowest BCUT2D eigenvalue weighted by molar-refractivity contribution is -0.146. The van der Waals surface area contributed by atoms with Crippen LogP contribution in [0.5, 0.6) is 0 Å². The fourth-order valence-electron chi connectivity index (χ4n) is 5.48. The number of fused-ring (bicyclic) bond motifs is 1. The first kappa shape index (κ1) is 22.1. The van der Waals surface area contributed by atoms with Crippen molar-refractivity contribution >= 4 is 33.2 Å². The van der Waals surface area contributed by atoms with Crippen LogP contribution >= 0.6 is 11.3 Å². The van der Waals surface area contributed by atoms with E-state index >= 15 is 0 Å². The first-order valence-corrected chi connectivity index (χ1v) is 12.6. The number of amides is 2. The Hall–Kier alpha value is -2.70. The second-order valence-electron chi connectivity index (χ2n) is 9.21. The van der Waals surface area contributed by atoms with Gasteiger partial charge in [0.25, 0.3) is 5.91 Å². The van der Waals surface area contributed by atoms with Crippen molar-refractivity contribution < 1.29 is 14.3 Å². The first-order chi connectivity index (χ1) is 16.1. The van der Waals surface area contributed by atoms with E-state index in [1.54, 1.807) is 18.4 Å². The van der Waals surface area contributed by atoms with E-state index in [9.17, 15) is 9.59 Å². The summed E-state index contributed by atoms with van der Waals surface area (Å²) in [6.07, 6.45) is 3.15. The zero-order chi connectivity index (χ0) is 22.8. The zero-order valence-electron chi connectivity index (χ0n) is 19.0. The molecule has 0 aliphatic carbocycles. The van der Waals surface area contributed by atoms with Gasteiger partial charge in [0.15, 0.2) is 0 Å². The molecule has 6 heteroatoms. The molecule has 2 aromatic carbocycles. The molecule has 3 aromatic rings. The number of carbonyl (C=O) groups excluding carboxylic acids is 2. The van der Waals surface area contributed by atoms with E-state index in [0.717, 1.165) is 52.8 Å². The van der Waals surface area contributed by atoms with Gasteiger partial charge >= 0.3 is 0 Å². The maximum absolute atomic E-state index is 14.0. The summed E-state index contributed by atoms with van der Waals surface area (Å²) >= 11 is 1.55. The number of hydrogen-bond donors (Lipinski definition) is 1. The minimum absolute atomic E-state index is 0.0408. The smallest absolute Gasteiger partial charge is 0.261 e. The van der Waals surface area contributed by atoms with Crippen LogP contribution in [0.2, 0.25) is 0 Å². The molecule has 0 radical (unpaired) electrons. The number of likely N-dealkylation sites (tertiary alicyclic amines) is 1. The Morgan fingerprint density at radius 3 is 2.58 bits per heavy atom. The van der Waals surface area contributed by atoms with Gasteiger partial charge in [-0.1, -0.05) is 48.5 Å². The average molecular weight is 463 g/mol. The predicted molar refractivity (Wildman–Crippen MR) is 132 cm³/mol. The number of benzene rings is 2. The second-order valence-corrected chi connectivity index (χ2v) is 10.3. The largest absolute Gasteiger partial charge is 0.381 e. The molecule has 5 rings (SSSR count). The summed E-state index contributed by atoms with van der Waals surface area (Å²) in [6.45, 7) is 2.66. The van der Waals surface area contributed by atoms with Crippen LogP contribution in [0.15, 0.2) is 54.6 Å². The maximum atomic E-state index is 14.0. The molecule has 2 saturated heterocycles. The maximum Gasteiger partial charge on any atom is 0.261 e. The molecule has 2 fully saturated rings. The monoisotopic (exact) mass is 462 g/mol. The lowest BCUT2D eigenvalue weighted by Crippen LogP contribution is -2.47. The van der Waals surface area contributed by atoms with E-state index in [2.05, 4.69) is 34.5 Å². The molecule has 3 heterocycles. The van der Waals surface area contributed by atoms with Crippen LogP contribution < -0.4 is 5.32 Å². The molecule has 172 valence electrons. The van der Waals surface area contributed by atoms with Crippen molar-refractivity contribution in [3.05, 3.63) is 70.6 Å². The van der Waals surface area contributed by atoms with E-state index in [-0.39, 0.29) is 17.7 Å². The number of carbonyl (C=O) groups is 2. The fraction of sp³-hybridized carbons (Fsp3) is 0.407. The highest BCUT2D eigenvalue weighted by atomic mass is 32.1. The highest BCUT2D eigenvalue weighted by Crippen LogP contribution is 2.43. The van der Waals surface area contributed by atoms with Crippen LogP contribution in [0, 0.1) is 5.41 Å². The van der Waals surface area contributed by atoms with E-state index in [1.807, 2.05) is 30.3 Å². The highest BCUT2D eigenvalue weighted by Gasteiger charge is 2.44. The predicted octanol–water partition coefficient (Wildman–Crippen LogP) is 4.62. The number of rotatable bonds is 5. The normalized spacial score (nSPS) is 20.2. The molecule has 33 heavy (non-hydrogen) atoms. The van der Waals surface area contributed by atoms with Crippen molar-refractivity contribution in [3.63, 3.8) is 0 Å². The van der Waals surface area contributed by atoms with Crippen LogP contribution in [0.1, 0.15) is 46.0 Å². The minimum Gasteiger partial charge on any atom is -0.381 e. The molecule has 2 aliphatic rings. The van der Waals surface area contributed by atoms with Crippen molar-refractivity contribution in [2.24, 2.45) is 5.41 Å². The molecule has 5 nitrogen and oxygen atoms in total. The Balaban J connectivity index is 1.43. The molecule has 1 N–H and O–H groups in total. The zero-order valence-corrected chi connectivity index (χ0v) is 19.8. The Bertz CT molecular complexity index is 1150. The molecule has 1 aromatic heterocycles. The Kier molecular flexibility index (Phi) is 6.21.